The van der Waals surface area contributed by atoms with Crippen molar-refractivity contribution in [2.45, 2.75) is 34.1 Å². The third kappa shape index (κ3) is 3.44. The minimum absolute atomic E-state index is 0.151. The van der Waals surface area contributed by atoms with Gasteiger partial charge in [0.05, 0.1) is 0 Å². The van der Waals surface area contributed by atoms with Crippen molar-refractivity contribution in [3.63, 3.8) is 0 Å². The maximum Gasteiger partial charge on any atom is 0.152 e. The normalized spacial score (nSPS) is 15.0. The molecule has 1 nitrogen and oxygen atoms in total. The van der Waals surface area contributed by atoms with Gasteiger partial charge < -0.3 is 0 Å². The second kappa shape index (κ2) is 4.26. The number of ketones is 1. The summed E-state index contributed by atoms with van der Waals surface area (Å²) >= 11 is 0. The van der Waals surface area contributed by atoms with Crippen LogP contribution in [0.4, 0.5) is 0 Å². The van der Waals surface area contributed by atoms with E-state index in [-0.39, 0.29) is 5.78 Å². The third-order valence-electron chi connectivity index (χ3n) is 1.82. The van der Waals surface area contributed by atoms with E-state index in [4.69, 9.17) is 0 Å². The Morgan fingerprint density at radius 3 is 2.30 bits per heavy atom. The fourth-order valence-electron chi connectivity index (χ4n) is 0.785. The Morgan fingerprint density at radius 1 is 1.50 bits per heavy atom. The molecule has 0 aliphatic rings. The first kappa shape index (κ1) is 9.41. The molecular formula is C9H16O. The highest BCUT2D eigenvalue weighted by Gasteiger charge is 2.00. The summed E-state index contributed by atoms with van der Waals surface area (Å²) < 4.78 is 0. The average molecular weight is 140 g/mol. The monoisotopic (exact) mass is 140 g/mol. The Hall–Kier alpha value is -0.590. The standard InChI is InChI=1S/C9H16O/c1-5-7(2)8(3)6-9(4)10/h6-7H,5H2,1-4H3/b8-6-. The zero-order valence-electron chi connectivity index (χ0n) is 7.27. The van der Waals surface area contributed by atoms with Crippen LogP contribution in [0.1, 0.15) is 34.1 Å². The van der Waals surface area contributed by atoms with Crippen LogP contribution in [0.15, 0.2) is 11.6 Å². The van der Waals surface area contributed by atoms with Gasteiger partial charge in [-0.15, -0.1) is 0 Å². The Morgan fingerprint density at radius 2 is 2.00 bits per heavy atom. The van der Waals surface area contributed by atoms with Gasteiger partial charge in [0.25, 0.3) is 0 Å². The molecule has 1 unspecified atom stereocenters. The van der Waals surface area contributed by atoms with E-state index in [1.807, 2.05) is 6.92 Å². The molecule has 0 aliphatic carbocycles. The maximum atomic E-state index is 10.6. The molecule has 0 spiro atoms. The predicted molar refractivity (Wildman–Crippen MR) is 43.9 cm³/mol. The zero-order chi connectivity index (χ0) is 8.15. The highest BCUT2D eigenvalue weighted by Crippen LogP contribution is 2.12. The summed E-state index contributed by atoms with van der Waals surface area (Å²) in [5.41, 5.74) is 1.19. The molecule has 0 fully saturated rings. The highest BCUT2D eigenvalue weighted by molar-refractivity contribution is 5.87. The van der Waals surface area contributed by atoms with Gasteiger partial charge in [0.15, 0.2) is 5.78 Å². The van der Waals surface area contributed by atoms with Crippen molar-refractivity contribution in [1.82, 2.24) is 0 Å². The largest absolute Gasteiger partial charge is 0.295 e. The van der Waals surface area contributed by atoms with Crippen LogP contribution in [0.2, 0.25) is 0 Å². The molecule has 10 heavy (non-hydrogen) atoms. The van der Waals surface area contributed by atoms with Gasteiger partial charge in [0, 0.05) is 0 Å². The molecule has 58 valence electrons. The minimum atomic E-state index is 0.151. The first-order chi connectivity index (χ1) is 4.57. The minimum Gasteiger partial charge on any atom is -0.295 e. The van der Waals surface area contributed by atoms with Crippen LogP contribution in [0.25, 0.3) is 0 Å². The quantitative estimate of drug-likeness (QED) is 0.551. The first-order valence-electron chi connectivity index (χ1n) is 3.76. The lowest BCUT2D eigenvalue weighted by Crippen LogP contribution is -1.96. The van der Waals surface area contributed by atoms with Crippen molar-refractivity contribution in [2.75, 3.05) is 0 Å². The topological polar surface area (TPSA) is 17.1 Å². The zero-order valence-corrected chi connectivity index (χ0v) is 7.27. The molecule has 1 atom stereocenters. The Labute approximate surface area is 63.1 Å². The van der Waals surface area contributed by atoms with Crippen molar-refractivity contribution in [3.05, 3.63) is 11.6 Å². The molecule has 0 aromatic rings. The molecule has 0 aliphatic heterocycles. The summed E-state index contributed by atoms with van der Waals surface area (Å²) in [5.74, 6) is 0.696. The van der Waals surface area contributed by atoms with Crippen LogP contribution < -0.4 is 0 Å². The van der Waals surface area contributed by atoms with Crippen LogP contribution in [0.5, 0.6) is 0 Å². The highest BCUT2D eigenvalue weighted by atomic mass is 16.1. The molecule has 0 amide bonds. The summed E-state index contributed by atoms with van der Waals surface area (Å²) in [6.45, 7) is 7.86. The predicted octanol–water partition coefficient (Wildman–Crippen LogP) is 2.57. The van der Waals surface area contributed by atoms with Crippen molar-refractivity contribution < 1.29 is 4.79 Å². The Balaban J connectivity index is 4.04. The van der Waals surface area contributed by atoms with E-state index in [0.717, 1.165) is 6.42 Å². The summed E-state index contributed by atoms with van der Waals surface area (Å²) in [4.78, 5) is 10.6. The molecule has 0 N–H and O–H groups in total. The van der Waals surface area contributed by atoms with Crippen molar-refractivity contribution in [1.29, 1.82) is 0 Å². The number of rotatable bonds is 3. The molecule has 0 aromatic carbocycles. The van der Waals surface area contributed by atoms with Gasteiger partial charge in [-0.2, -0.15) is 0 Å². The molecule has 0 rings (SSSR count). The number of hydrogen-bond acceptors (Lipinski definition) is 1. The second-order valence-corrected chi connectivity index (χ2v) is 2.81. The molecule has 0 saturated carbocycles. The van der Waals surface area contributed by atoms with Crippen LogP contribution in [-0.4, -0.2) is 5.78 Å². The van der Waals surface area contributed by atoms with E-state index < -0.39 is 0 Å². The van der Waals surface area contributed by atoms with Gasteiger partial charge in [-0.05, 0) is 32.3 Å². The third-order valence-corrected chi connectivity index (χ3v) is 1.82. The van der Waals surface area contributed by atoms with Crippen LogP contribution >= 0.6 is 0 Å². The molecule has 0 bridgehead atoms. The second-order valence-electron chi connectivity index (χ2n) is 2.81. The molecule has 0 heterocycles. The molecule has 0 aromatic heterocycles. The van der Waals surface area contributed by atoms with Crippen LogP contribution in [0.3, 0.4) is 0 Å². The van der Waals surface area contributed by atoms with Gasteiger partial charge in [0.2, 0.25) is 0 Å². The summed E-state index contributed by atoms with van der Waals surface area (Å²) in [5, 5.41) is 0. The molecule has 0 saturated heterocycles. The summed E-state index contributed by atoms with van der Waals surface area (Å²) in [7, 11) is 0. The Bertz CT molecular complexity index is 145. The Kier molecular flexibility index (Phi) is 4.01. The summed E-state index contributed by atoms with van der Waals surface area (Å²) in [6, 6.07) is 0. The average Bonchev–Trinajstić information content (AvgIpc) is 1.85. The van der Waals surface area contributed by atoms with Gasteiger partial charge in [-0.3, -0.25) is 4.79 Å². The number of hydrogen-bond donors (Lipinski definition) is 0. The van der Waals surface area contributed by atoms with E-state index in [9.17, 15) is 4.79 Å². The van der Waals surface area contributed by atoms with Gasteiger partial charge >= 0.3 is 0 Å². The number of carbonyl (C=O) groups excluding carboxylic acids is 1. The fraction of sp³-hybridized carbons (Fsp3) is 0.667. The molecular weight excluding hydrogens is 124 g/mol. The van der Waals surface area contributed by atoms with E-state index in [0.29, 0.717) is 5.92 Å². The maximum absolute atomic E-state index is 10.6. The SMILES string of the molecule is CCC(C)/C(C)=C\C(C)=O. The van der Waals surface area contributed by atoms with Crippen molar-refractivity contribution in [3.8, 4) is 0 Å². The molecule has 1 heteroatoms. The number of allylic oxidation sites excluding steroid dienone is 2. The number of carbonyl (C=O) groups is 1. The lowest BCUT2D eigenvalue weighted by Gasteiger charge is -2.06. The van der Waals surface area contributed by atoms with E-state index in [1.54, 1.807) is 13.0 Å². The van der Waals surface area contributed by atoms with Gasteiger partial charge in [-0.1, -0.05) is 19.4 Å². The molecule has 0 radical (unpaired) electrons. The first-order valence-corrected chi connectivity index (χ1v) is 3.76. The van der Waals surface area contributed by atoms with Gasteiger partial charge in [-0.25, -0.2) is 0 Å². The summed E-state index contributed by atoms with van der Waals surface area (Å²) in [6.07, 6.45) is 2.82. The lowest BCUT2D eigenvalue weighted by atomic mass is 9.99. The van der Waals surface area contributed by atoms with E-state index in [1.165, 1.54) is 5.57 Å². The van der Waals surface area contributed by atoms with Crippen molar-refractivity contribution in [2.24, 2.45) is 5.92 Å². The fourth-order valence-corrected chi connectivity index (χ4v) is 0.785. The van der Waals surface area contributed by atoms with E-state index in [2.05, 4.69) is 13.8 Å². The van der Waals surface area contributed by atoms with E-state index >= 15 is 0 Å². The van der Waals surface area contributed by atoms with Gasteiger partial charge in [0.1, 0.15) is 0 Å². The van der Waals surface area contributed by atoms with Crippen LogP contribution in [0, 0.1) is 5.92 Å². The van der Waals surface area contributed by atoms with Crippen molar-refractivity contribution >= 4 is 5.78 Å². The van der Waals surface area contributed by atoms with Crippen LogP contribution in [-0.2, 0) is 4.79 Å². The smallest absolute Gasteiger partial charge is 0.152 e. The lowest BCUT2D eigenvalue weighted by molar-refractivity contribution is -0.112.